The van der Waals surface area contributed by atoms with Crippen LogP contribution < -0.4 is 4.74 Å². The molecule has 3 rings (SSSR count). The van der Waals surface area contributed by atoms with Crippen LogP contribution in [0.1, 0.15) is 90.0 Å². The van der Waals surface area contributed by atoms with Crippen LogP contribution in [0.3, 0.4) is 0 Å². The van der Waals surface area contributed by atoms with Crippen molar-refractivity contribution in [1.29, 1.82) is 0 Å². The summed E-state index contributed by atoms with van der Waals surface area (Å²) >= 11 is 0. The van der Waals surface area contributed by atoms with Crippen LogP contribution in [0.25, 0.3) is 11.1 Å². The highest BCUT2D eigenvalue weighted by molar-refractivity contribution is 5.62. The molecule has 2 aromatic rings. The average Bonchev–Trinajstić information content (AvgIpc) is 2.79. The lowest BCUT2D eigenvalue weighted by Crippen LogP contribution is -2.20. The van der Waals surface area contributed by atoms with E-state index >= 15 is 0 Å². The van der Waals surface area contributed by atoms with Crippen molar-refractivity contribution in [3.63, 3.8) is 0 Å². The predicted octanol–water partition coefficient (Wildman–Crippen LogP) is 7.78. The summed E-state index contributed by atoms with van der Waals surface area (Å²) in [6.07, 6.45) is 18.3. The van der Waals surface area contributed by atoms with Gasteiger partial charge < -0.3 is 4.74 Å². The Morgan fingerprint density at radius 3 is 2.26 bits per heavy atom. The van der Waals surface area contributed by atoms with Crippen molar-refractivity contribution in [1.82, 2.24) is 9.97 Å². The van der Waals surface area contributed by atoms with Crippen molar-refractivity contribution in [2.75, 3.05) is 6.61 Å². The quantitative estimate of drug-likeness (QED) is 0.325. The van der Waals surface area contributed by atoms with Crippen LogP contribution in [0, 0.1) is 17.7 Å². The topological polar surface area (TPSA) is 35.0 Å². The van der Waals surface area contributed by atoms with Gasteiger partial charge in [0.2, 0.25) is 0 Å². The molecule has 4 heteroatoms. The van der Waals surface area contributed by atoms with Gasteiger partial charge in [-0.25, -0.2) is 14.4 Å². The molecule has 0 radical (unpaired) electrons. The zero-order valence-electron chi connectivity index (χ0n) is 19.4. The van der Waals surface area contributed by atoms with E-state index in [1.807, 2.05) is 12.1 Å². The molecule has 3 nitrogen and oxygen atoms in total. The van der Waals surface area contributed by atoms with E-state index in [1.54, 1.807) is 18.5 Å². The minimum absolute atomic E-state index is 0.207. The third-order valence-corrected chi connectivity index (χ3v) is 6.67. The van der Waals surface area contributed by atoms with Crippen LogP contribution in [0.2, 0.25) is 0 Å². The first-order valence-corrected chi connectivity index (χ1v) is 12.4. The van der Waals surface area contributed by atoms with Gasteiger partial charge in [-0.15, -0.1) is 0 Å². The maximum absolute atomic E-state index is 14.6. The first-order valence-electron chi connectivity index (χ1n) is 12.4. The van der Waals surface area contributed by atoms with Crippen LogP contribution >= 0.6 is 0 Å². The summed E-state index contributed by atoms with van der Waals surface area (Å²) in [6, 6.07) is 5.89. The molecule has 1 aromatic carbocycles. The highest BCUT2D eigenvalue weighted by Crippen LogP contribution is 2.32. The Morgan fingerprint density at radius 2 is 1.58 bits per heavy atom. The second-order valence-electron chi connectivity index (χ2n) is 9.22. The molecule has 0 saturated heterocycles. The number of benzene rings is 1. The Labute approximate surface area is 187 Å². The van der Waals surface area contributed by atoms with E-state index in [4.69, 9.17) is 4.74 Å². The Balaban J connectivity index is 1.45. The van der Waals surface area contributed by atoms with Gasteiger partial charge in [0, 0.05) is 23.5 Å². The van der Waals surface area contributed by atoms with E-state index < -0.39 is 0 Å². The van der Waals surface area contributed by atoms with Crippen molar-refractivity contribution in [2.24, 2.45) is 11.8 Å². The van der Waals surface area contributed by atoms with Crippen molar-refractivity contribution >= 4 is 0 Å². The van der Waals surface area contributed by atoms with Gasteiger partial charge in [0.05, 0.1) is 6.61 Å². The Hall–Kier alpha value is -1.97. The molecule has 0 unspecified atom stereocenters. The second kappa shape index (κ2) is 12.8. The maximum atomic E-state index is 14.6. The highest BCUT2D eigenvalue weighted by Gasteiger charge is 2.21. The van der Waals surface area contributed by atoms with Gasteiger partial charge >= 0.3 is 6.01 Å². The summed E-state index contributed by atoms with van der Waals surface area (Å²) in [5.74, 6) is 1.30. The summed E-state index contributed by atoms with van der Waals surface area (Å²) < 4.78 is 20.4. The lowest BCUT2D eigenvalue weighted by molar-refractivity contribution is 0.169. The molecule has 0 spiro atoms. The molecule has 170 valence electrons. The normalized spacial score (nSPS) is 18.8. The number of unbranched alkanes of at least 4 members (excludes halogenated alkanes) is 4. The highest BCUT2D eigenvalue weighted by atomic mass is 19.1. The second-order valence-corrected chi connectivity index (χ2v) is 9.22. The minimum atomic E-state index is -0.207. The van der Waals surface area contributed by atoms with Gasteiger partial charge in [-0.3, -0.25) is 0 Å². The van der Waals surface area contributed by atoms with Crippen LogP contribution in [0.4, 0.5) is 4.39 Å². The van der Waals surface area contributed by atoms with E-state index in [-0.39, 0.29) is 5.82 Å². The van der Waals surface area contributed by atoms with E-state index in [0.29, 0.717) is 29.7 Å². The summed E-state index contributed by atoms with van der Waals surface area (Å²) in [5.41, 5.74) is 2.29. The van der Waals surface area contributed by atoms with Gasteiger partial charge in [-0.05, 0) is 49.1 Å². The van der Waals surface area contributed by atoms with Crippen molar-refractivity contribution in [3.05, 3.63) is 42.0 Å². The maximum Gasteiger partial charge on any atom is 0.316 e. The molecule has 0 N–H and O–H groups in total. The number of aromatic nitrogens is 2. The molecule has 1 saturated carbocycles. The molecule has 1 aliphatic carbocycles. The molecule has 31 heavy (non-hydrogen) atoms. The fourth-order valence-electron chi connectivity index (χ4n) is 4.62. The standard InChI is InChI=1S/C27H39FN2O/c1-3-5-7-9-21-11-13-23(14-12-21)20-31-27-29-18-24(19-30-27)25-16-15-22(17-26(25)28)10-8-6-4-2/h15-19,21,23H,3-14,20H2,1-2H3. The van der Waals surface area contributed by atoms with Crippen LogP contribution in [-0.2, 0) is 6.42 Å². The smallest absolute Gasteiger partial charge is 0.316 e. The van der Waals surface area contributed by atoms with Crippen molar-refractivity contribution < 1.29 is 9.13 Å². The lowest BCUT2D eigenvalue weighted by atomic mass is 9.80. The molecule has 1 fully saturated rings. The summed E-state index contributed by atoms with van der Waals surface area (Å²) in [4.78, 5) is 8.66. The number of hydrogen-bond acceptors (Lipinski definition) is 3. The summed E-state index contributed by atoms with van der Waals surface area (Å²) in [7, 11) is 0. The van der Waals surface area contributed by atoms with Crippen LogP contribution in [0.15, 0.2) is 30.6 Å². The molecule has 0 bridgehead atoms. The van der Waals surface area contributed by atoms with Crippen molar-refractivity contribution in [2.45, 2.75) is 90.9 Å². The van der Waals surface area contributed by atoms with Gasteiger partial charge in [0.25, 0.3) is 0 Å². The third-order valence-electron chi connectivity index (χ3n) is 6.67. The van der Waals surface area contributed by atoms with E-state index in [1.165, 1.54) is 64.2 Å². The van der Waals surface area contributed by atoms with Gasteiger partial charge in [-0.1, -0.05) is 77.3 Å². The molecule has 1 aromatic heterocycles. The Bertz CT molecular complexity index is 769. The number of aryl methyl sites for hydroxylation is 1. The fraction of sp³-hybridized carbons (Fsp3) is 0.630. The third kappa shape index (κ3) is 7.59. The van der Waals surface area contributed by atoms with Crippen molar-refractivity contribution in [3.8, 4) is 17.1 Å². The molecular formula is C27H39FN2O. The molecule has 0 aliphatic heterocycles. The molecule has 1 aliphatic rings. The Morgan fingerprint density at radius 1 is 0.903 bits per heavy atom. The largest absolute Gasteiger partial charge is 0.463 e. The molecule has 0 amide bonds. The zero-order valence-corrected chi connectivity index (χ0v) is 19.4. The van der Waals surface area contributed by atoms with E-state index in [2.05, 4.69) is 23.8 Å². The molecule has 0 atom stereocenters. The van der Waals surface area contributed by atoms with E-state index in [0.717, 1.165) is 24.3 Å². The fourth-order valence-corrected chi connectivity index (χ4v) is 4.62. The molecule has 1 heterocycles. The van der Waals surface area contributed by atoms with Gasteiger partial charge in [0.1, 0.15) is 5.82 Å². The van der Waals surface area contributed by atoms with Gasteiger partial charge in [0.15, 0.2) is 0 Å². The first-order chi connectivity index (χ1) is 15.2. The first kappa shape index (κ1) is 23.7. The lowest BCUT2D eigenvalue weighted by Gasteiger charge is -2.28. The number of ether oxygens (including phenoxy) is 1. The van der Waals surface area contributed by atoms with Crippen LogP contribution in [0.5, 0.6) is 6.01 Å². The average molecular weight is 427 g/mol. The molecular weight excluding hydrogens is 387 g/mol. The number of rotatable bonds is 12. The van der Waals surface area contributed by atoms with Gasteiger partial charge in [-0.2, -0.15) is 0 Å². The Kier molecular flexibility index (Phi) is 9.77. The SMILES string of the molecule is CCCCCc1ccc(-c2cnc(OCC3CCC(CCCCC)CC3)nc2)c(F)c1. The van der Waals surface area contributed by atoms with Crippen LogP contribution in [-0.4, -0.2) is 16.6 Å². The monoisotopic (exact) mass is 426 g/mol. The zero-order chi connectivity index (χ0) is 21.9. The number of nitrogens with zero attached hydrogens (tertiary/aromatic N) is 2. The van der Waals surface area contributed by atoms with E-state index in [9.17, 15) is 4.39 Å². The number of halogens is 1. The minimum Gasteiger partial charge on any atom is -0.463 e. The summed E-state index contributed by atoms with van der Waals surface area (Å²) in [6.45, 7) is 5.13. The number of hydrogen-bond donors (Lipinski definition) is 0. The summed E-state index contributed by atoms with van der Waals surface area (Å²) in [5, 5.41) is 0. The predicted molar refractivity (Wildman–Crippen MR) is 126 cm³/mol.